The third-order valence-electron chi connectivity index (χ3n) is 1.69. The van der Waals surface area contributed by atoms with E-state index in [4.69, 9.17) is 5.73 Å². The number of hydrogen-bond donors (Lipinski definition) is 1. The maximum atomic E-state index is 10.4. The van der Waals surface area contributed by atoms with Crippen molar-refractivity contribution < 1.29 is 4.79 Å². The molecule has 0 aliphatic heterocycles. The second-order valence-corrected chi connectivity index (χ2v) is 3.58. The van der Waals surface area contributed by atoms with Gasteiger partial charge in [-0.15, -0.1) is 5.92 Å². The Labute approximate surface area is 74.5 Å². The molecule has 0 unspecified atom stereocenters. The molecule has 12 heavy (non-hydrogen) atoms. The van der Waals surface area contributed by atoms with Gasteiger partial charge in [-0.2, -0.15) is 0 Å². The van der Waals surface area contributed by atoms with Crippen LogP contribution in [0, 0.1) is 17.3 Å². The largest absolute Gasteiger partial charge is 0.370 e. The number of carbonyl (C=O) groups is 1. The summed E-state index contributed by atoms with van der Waals surface area (Å²) in [7, 11) is 0. The first-order valence-corrected chi connectivity index (χ1v) is 4.20. The summed E-state index contributed by atoms with van der Waals surface area (Å²) in [6.07, 6.45) is 2.22. The molecule has 0 rings (SSSR count). The topological polar surface area (TPSA) is 43.1 Å². The summed E-state index contributed by atoms with van der Waals surface area (Å²) in [5.74, 6) is 5.75. The van der Waals surface area contributed by atoms with Gasteiger partial charge in [0, 0.05) is 11.8 Å². The third-order valence-corrected chi connectivity index (χ3v) is 1.69. The summed E-state index contributed by atoms with van der Waals surface area (Å²) in [5.41, 5.74) is 5.04. The van der Waals surface area contributed by atoms with Crippen molar-refractivity contribution in [2.24, 2.45) is 11.1 Å². The molecule has 68 valence electrons. The van der Waals surface area contributed by atoms with Crippen molar-refractivity contribution in [3.8, 4) is 11.8 Å². The van der Waals surface area contributed by atoms with Crippen molar-refractivity contribution in [1.29, 1.82) is 0 Å². The summed E-state index contributed by atoms with van der Waals surface area (Å²) in [6.45, 7) is 5.98. The van der Waals surface area contributed by atoms with Crippen LogP contribution in [0.4, 0.5) is 0 Å². The number of amides is 1. The van der Waals surface area contributed by atoms with Crippen LogP contribution in [-0.2, 0) is 4.79 Å². The van der Waals surface area contributed by atoms with Crippen molar-refractivity contribution in [2.75, 3.05) is 0 Å². The predicted octanol–water partition coefficient (Wildman–Crippen LogP) is 1.69. The number of carbonyl (C=O) groups excluding carboxylic acids is 1. The van der Waals surface area contributed by atoms with Gasteiger partial charge in [0.2, 0.25) is 5.91 Å². The van der Waals surface area contributed by atoms with Gasteiger partial charge in [-0.05, 0) is 33.6 Å². The fraction of sp³-hybridized carbons (Fsp3) is 0.700. The SMILES string of the molecule is CC#CC(C)(C)CCCC(N)=O. The standard InChI is InChI=1S/C10H17NO/c1-4-7-10(2,3)8-5-6-9(11)12/h5-6,8H2,1-3H3,(H2,11,12). The lowest BCUT2D eigenvalue weighted by atomic mass is 9.88. The van der Waals surface area contributed by atoms with Gasteiger partial charge in [-0.3, -0.25) is 4.79 Å². The predicted molar refractivity (Wildman–Crippen MR) is 50.3 cm³/mol. The minimum absolute atomic E-state index is 0.0181. The molecule has 0 spiro atoms. The lowest BCUT2D eigenvalue weighted by Crippen LogP contribution is -2.13. The van der Waals surface area contributed by atoms with Gasteiger partial charge >= 0.3 is 0 Å². The van der Waals surface area contributed by atoms with Gasteiger partial charge < -0.3 is 5.73 Å². The first-order chi connectivity index (χ1) is 5.48. The number of primary amides is 1. The molecule has 2 nitrogen and oxygen atoms in total. The molecule has 0 heterocycles. The van der Waals surface area contributed by atoms with Gasteiger partial charge in [0.05, 0.1) is 0 Å². The molecule has 0 aliphatic carbocycles. The zero-order chi connectivity index (χ0) is 9.61. The average Bonchev–Trinajstić information content (AvgIpc) is 1.85. The fourth-order valence-electron chi connectivity index (χ4n) is 1.11. The van der Waals surface area contributed by atoms with Crippen LogP contribution in [0.3, 0.4) is 0 Å². The molecular formula is C10H17NO. The Morgan fingerprint density at radius 3 is 2.50 bits per heavy atom. The van der Waals surface area contributed by atoms with E-state index in [9.17, 15) is 4.79 Å². The normalized spacial score (nSPS) is 10.2. The number of hydrogen-bond acceptors (Lipinski definition) is 1. The second kappa shape index (κ2) is 4.82. The highest BCUT2D eigenvalue weighted by molar-refractivity contribution is 5.73. The zero-order valence-electron chi connectivity index (χ0n) is 8.11. The van der Waals surface area contributed by atoms with E-state index < -0.39 is 0 Å². The Bertz CT molecular complexity index is 208. The van der Waals surface area contributed by atoms with Crippen LogP contribution >= 0.6 is 0 Å². The zero-order valence-corrected chi connectivity index (χ0v) is 8.11. The highest BCUT2D eigenvalue weighted by Crippen LogP contribution is 2.21. The molecule has 0 aromatic heterocycles. The monoisotopic (exact) mass is 167 g/mol. The minimum atomic E-state index is -0.227. The number of rotatable bonds is 4. The van der Waals surface area contributed by atoms with Crippen LogP contribution in [0.25, 0.3) is 0 Å². The van der Waals surface area contributed by atoms with E-state index in [0.29, 0.717) is 6.42 Å². The van der Waals surface area contributed by atoms with Gasteiger partial charge in [0.25, 0.3) is 0 Å². The molecule has 0 aromatic rings. The maximum Gasteiger partial charge on any atom is 0.217 e. The van der Waals surface area contributed by atoms with E-state index in [-0.39, 0.29) is 11.3 Å². The summed E-state index contributed by atoms with van der Waals surface area (Å²) >= 11 is 0. The van der Waals surface area contributed by atoms with Crippen LogP contribution < -0.4 is 5.73 Å². The van der Waals surface area contributed by atoms with E-state index in [1.54, 1.807) is 0 Å². The van der Waals surface area contributed by atoms with Crippen molar-refractivity contribution in [2.45, 2.75) is 40.0 Å². The van der Waals surface area contributed by atoms with Crippen molar-refractivity contribution in [3.63, 3.8) is 0 Å². The lowest BCUT2D eigenvalue weighted by molar-refractivity contribution is -0.118. The number of nitrogens with two attached hydrogens (primary N) is 1. The van der Waals surface area contributed by atoms with Crippen LogP contribution in [0.2, 0.25) is 0 Å². The van der Waals surface area contributed by atoms with Gasteiger partial charge in [0.15, 0.2) is 0 Å². The van der Waals surface area contributed by atoms with Gasteiger partial charge in [-0.1, -0.05) is 5.92 Å². The highest BCUT2D eigenvalue weighted by atomic mass is 16.1. The molecule has 0 saturated carbocycles. The van der Waals surface area contributed by atoms with Crippen molar-refractivity contribution in [3.05, 3.63) is 0 Å². The minimum Gasteiger partial charge on any atom is -0.370 e. The van der Waals surface area contributed by atoms with E-state index in [0.717, 1.165) is 12.8 Å². The van der Waals surface area contributed by atoms with E-state index in [1.807, 2.05) is 6.92 Å². The van der Waals surface area contributed by atoms with Crippen LogP contribution in [-0.4, -0.2) is 5.91 Å². The summed E-state index contributed by atoms with van der Waals surface area (Å²) in [4.78, 5) is 10.4. The Hall–Kier alpha value is -0.970. The molecule has 0 atom stereocenters. The molecule has 0 saturated heterocycles. The molecule has 0 bridgehead atoms. The molecular weight excluding hydrogens is 150 g/mol. The van der Waals surface area contributed by atoms with Crippen LogP contribution in [0.5, 0.6) is 0 Å². The highest BCUT2D eigenvalue weighted by Gasteiger charge is 2.13. The first kappa shape index (κ1) is 11.0. The average molecular weight is 167 g/mol. The van der Waals surface area contributed by atoms with E-state index in [1.165, 1.54) is 0 Å². The Kier molecular flexibility index (Phi) is 4.43. The molecule has 0 aliphatic rings. The summed E-state index contributed by atoms with van der Waals surface area (Å²) in [5, 5.41) is 0. The molecule has 0 aromatic carbocycles. The Morgan fingerprint density at radius 1 is 1.50 bits per heavy atom. The summed E-state index contributed by atoms with van der Waals surface area (Å²) in [6, 6.07) is 0. The Balaban J connectivity index is 3.73. The third kappa shape index (κ3) is 5.79. The smallest absolute Gasteiger partial charge is 0.217 e. The molecule has 2 heteroatoms. The maximum absolute atomic E-state index is 10.4. The molecule has 1 amide bonds. The van der Waals surface area contributed by atoms with Crippen molar-refractivity contribution in [1.82, 2.24) is 0 Å². The Morgan fingerprint density at radius 2 is 2.08 bits per heavy atom. The fourth-order valence-corrected chi connectivity index (χ4v) is 1.11. The second-order valence-electron chi connectivity index (χ2n) is 3.58. The molecule has 2 N–H and O–H groups in total. The van der Waals surface area contributed by atoms with Gasteiger partial charge in [0.1, 0.15) is 0 Å². The molecule has 0 fully saturated rings. The van der Waals surface area contributed by atoms with Crippen molar-refractivity contribution >= 4 is 5.91 Å². The first-order valence-electron chi connectivity index (χ1n) is 4.20. The molecule has 0 radical (unpaired) electrons. The quantitative estimate of drug-likeness (QED) is 0.636. The van der Waals surface area contributed by atoms with E-state index in [2.05, 4.69) is 25.7 Å². The van der Waals surface area contributed by atoms with E-state index >= 15 is 0 Å². The lowest BCUT2D eigenvalue weighted by Gasteiger charge is -2.16. The van der Waals surface area contributed by atoms with Crippen LogP contribution in [0.1, 0.15) is 40.0 Å². The van der Waals surface area contributed by atoms with Gasteiger partial charge in [-0.25, -0.2) is 0 Å². The summed E-state index contributed by atoms with van der Waals surface area (Å²) < 4.78 is 0. The van der Waals surface area contributed by atoms with Crippen LogP contribution in [0.15, 0.2) is 0 Å².